The number of carbonyl (C=O) groups is 1. The minimum atomic E-state index is -3.00. The molecule has 0 radical (unpaired) electrons. The molecule has 2 aromatic rings. The molecule has 1 fully saturated rings. The van der Waals surface area contributed by atoms with Crippen LogP contribution < -0.4 is 10.6 Å². The number of rotatable bonds is 6. The highest BCUT2D eigenvalue weighted by molar-refractivity contribution is 7.91. The highest BCUT2D eigenvalue weighted by Gasteiger charge is 2.31. The third-order valence-corrected chi connectivity index (χ3v) is 6.56. The van der Waals surface area contributed by atoms with Gasteiger partial charge in [-0.15, -0.1) is 0 Å². The molecule has 26 heavy (non-hydrogen) atoms. The summed E-state index contributed by atoms with van der Waals surface area (Å²) in [5.74, 6) is 0.0860. The first-order valence-corrected chi connectivity index (χ1v) is 10.7. The largest absolute Gasteiger partial charge is 0.347 e. The minimum absolute atomic E-state index is 0.00506. The Balaban J connectivity index is 1.71. The van der Waals surface area contributed by atoms with E-state index in [1.54, 1.807) is 0 Å². The smallest absolute Gasteiger partial charge is 0.278 e. The monoisotopic (exact) mass is 373 g/mol. The Bertz CT molecular complexity index is 798. The second-order valence-corrected chi connectivity index (χ2v) is 9.12. The summed E-state index contributed by atoms with van der Waals surface area (Å²) in [5, 5.41) is 4.92. The molecule has 0 spiro atoms. The highest BCUT2D eigenvalue weighted by Crippen LogP contribution is 2.18. The van der Waals surface area contributed by atoms with Crippen LogP contribution in [0.4, 0.5) is 0 Å². The number of carbonyl (C=O) groups excluding carboxylic acids is 1. The van der Waals surface area contributed by atoms with E-state index in [0.29, 0.717) is 6.42 Å². The van der Waals surface area contributed by atoms with E-state index in [2.05, 4.69) is 29.6 Å². The van der Waals surface area contributed by atoms with Gasteiger partial charge in [-0.3, -0.25) is 4.79 Å². The molecule has 0 saturated carbocycles. The zero-order valence-corrected chi connectivity index (χ0v) is 15.7. The SMILES string of the molecule is C[C@H]([NH2+]C(c1ccccc1)c1ccccc1)C(=O)N[C@H]1CCS(=O)(=O)C1. The van der Waals surface area contributed by atoms with E-state index in [-0.39, 0.29) is 35.5 Å². The predicted octanol–water partition coefficient (Wildman–Crippen LogP) is 1.03. The molecule has 1 saturated heterocycles. The van der Waals surface area contributed by atoms with Crippen molar-refractivity contribution in [3.05, 3.63) is 71.8 Å². The second kappa shape index (κ2) is 8.01. The predicted molar refractivity (Wildman–Crippen MR) is 101 cm³/mol. The van der Waals surface area contributed by atoms with Crippen LogP contribution in [0, 0.1) is 0 Å². The van der Waals surface area contributed by atoms with Crippen molar-refractivity contribution in [1.29, 1.82) is 0 Å². The lowest BCUT2D eigenvalue weighted by atomic mass is 9.98. The van der Waals surface area contributed by atoms with Gasteiger partial charge in [0.05, 0.1) is 11.5 Å². The van der Waals surface area contributed by atoms with Crippen LogP contribution in [-0.4, -0.2) is 37.9 Å². The maximum atomic E-state index is 12.6. The van der Waals surface area contributed by atoms with Crippen LogP contribution in [0.25, 0.3) is 0 Å². The van der Waals surface area contributed by atoms with E-state index < -0.39 is 9.84 Å². The van der Waals surface area contributed by atoms with Gasteiger partial charge in [-0.25, -0.2) is 8.42 Å². The average Bonchev–Trinajstić information content (AvgIpc) is 2.99. The lowest BCUT2D eigenvalue weighted by Crippen LogP contribution is -2.93. The minimum Gasteiger partial charge on any atom is -0.347 e. The standard InChI is InChI=1S/C20H24N2O3S/c1-15(20(23)22-18-12-13-26(24,25)14-18)21-19(16-8-4-2-5-9-16)17-10-6-3-7-11-17/h2-11,15,18-19,21H,12-14H2,1H3,(H,22,23)/p+1/t15-,18-/m0/s1. The van der Waals surface area contributed by atoms with Gasteiger partial charge >= 0.3 is 0 Å². The van der Waals surface area contributed by atoms with E-state index in [0.717, 1.165) is 11.1 Å². The average molecular weight is 373 g/mol. The van der Waals surface area contributed by atoms with Crippen LogP contribution in [0.1, 0.15) is 30.5 Å². The Morgan fingerprint density at radius 3 is 2.04 bits per heavy atom. The van der Waals surface area contributed by atoms with E-state index in [9.17, 15) is 13.2 Å². The zero-order valence-electron chi connectivity index (χ0n) is 14.8. The molecule has 3 N–H and O–H groups in total. The fourth-order valence-electron chi connectivity index (χ4n) is 3.35. The van der Waals surface area contributed by atoms with Crippen LogP contribution in [0.3, 0.4) is 0 Å². The molecule has 0 aromatic heterocycles. The zero-order chi connectivity index (χ0) is 18.6. The van der Waals surface area contributed by atoms with Crippen LogP contribution in [0.5, 0.6) is 0 Å². The quantitative estimate of drug-likeness (QED) is 0.794. The number of sulfone groups is 1. The van der Waals surface area contributed by atoms with Gasteiger partial charge in [0.15, 0.2) is 15.9 Å². The van der Waals surface area contributed by atoms with Crippen molar-refractivity contribution in [1.82, 2.24) is 5.32 Å². The Morgan fingerprint density at radius 2 is 1.58 bits per heavy atom. The summed E-state index contributed by atoms with van der Waals surface area (Å²) in [6.45, 7) is 1.86. The van der Waals surface area contributed by atoms with Crippen molar-refractivity contribution in [3.8, 4) is 0 Å². The topological polar surface area (TPSA) is 79.8 Å². The lowest BCUT2D eigenvalue weighted by molar-refractivity contribution is -0.704. The summed E-state index contributed by atoms with van der Waals surface area (Å²) >= 11 is 0. The number of nitrogens with two attached hydrogens (primary N) is 1. The van der Waals surface area contributed by atoms with Crippen molar-refractivity contribution in [2.75, 3.05) is 11.5 Å². The fraction of sp³-hybridized carbons (Fsp3) is 0.350. The Kier molecular flexibility index (Phi) is 5.74. The van der Waals surface area contributed by atoms with E-state index in [1.165, 1.54) is 0 Å². The maximum Gasteiger partial charge on any atom is 0.278 e. The van der Waals surface area contributed by atoms with Gasteiger partial charge < -0.3 is 10.6 Å². The molecule has 1 heterocycles. The van der Waals surface area contributed by atoms with Gasteiger partial charge in [-0.2, -0.15) is 0 Å². The summed E-state index contributed by atoms with van der Waals surface area (Å²) in [5.41, 5.74) is 2.25. The van der Waals surface area contributed by atoms with Gasteiger partial charge in [0.25, 0.3) is 5.91 Å². The van der Waals surface area contributed by atoms with Crippen molar-refractivity contribution < 1.29 is 18.5 Å². The third-order valence-electron chi connectivity index (χ3n) is 4.79. The molecule has 138 valence electrons. The molecule has 1 amide bonds. The molecule has 6 heteroatoms. The van der Waals surface area contributed by atoms with Gasteiger partial charge in [-0.05, 0) is 13.3 Å². The van der Waals surface area contributed by atoms with Crippen LogP contribution in [0.2, 0.25) is 0 Å². The molecule has 2 aromatic carbocycles. The summed E-state index contributed by atoms with van der Waals surface area (Å²) in [7, 11) is -3.00. The number of amides is 1. The first-order chi connectivity index (χ1) is 12.4. The Labute approximate surface area is 154 Å². The van der Waals surface area contributed by atoms with Crippen LogP contribution in [-0.2, 0) is 14.6 Å². The highest BCUT2D eigenvalue weighted by atomic mass is 32.2. The van der Waals surface area contributed by atoms with E-state index in [4.69, 9.17) is 0 Å². The fourth-order valence-corrected chi connectivity index (χ4v) is 5.03. The summed E-state index contributed by atoms with van der Waals surface area (Å²) < 4.78 is 23.2. The van der Waals surface area contributed by atoms with Crippen molar-refractivity contribution in [2.45, 2.75) is 31.5 Å². The molecule has 2 atom stereocenters. The van der Waals surface area contributed by atoms with E-state index >= 15 is 0 Å². The van der Waals surface area contributed by atoms with Crippen molar-refractivity contribution in [3.63, 3.8) is 0 Å². The van der Waals surface area contributed by atoms with E-state index in [1.807, 2.05) is 48.6 Å². The molecule has 0 aliphatic carbocycles. The summed E-state index contributed by atoms with van der Waals surface area (Å²) in [6, 6.07) is 19.6. The number of hydrogen-bond donors (Lipinski definition) is 2. The van der Waals surface area contributed by atoms with Crippen LogP contribution in [0.15, 0.2) is 60.7 Å². The molecule has 5 nitrogen and oxygen atoms in total. The summed E-state index contributed by atoms with van der Waals surface area (Å²) in [4.78, 5) is 12.6. The van der Waals surface area contributed by atoms with Gasteiger partial charge in [0.2, 0.25) is 0 Å². The number of quaternary nitrogens is 1. The molecular formula is C20H25N2O3S+. The maximum absolute atomic E-state index is 12.6. The molecule has 3 rings (SSSR count). The summed E-state index contributed by atoms with van der Waals surface area (Å²) in [6.07, 6.45) is 0.502. The Hall–Kier alpha value is -2.18. The third kappa shape index (κ3) is 4.71. The molecular weight excluding hydrogens is 348 g/mol. The first kappa shape index (κ1) is 18.6. The molecule has 1 aliphatic heterocycles. The first-order valence-electron chi connectivity index (χ1n) is 8.90. The number of hydrogen-bond acceptors (Lipinski definition) is 3. The van der Waals surface area contributed by atoms with Gasteiger partial charge in [0, 0.05) is 17.2 Å². The van der Waals surface area contributed by atoms with Crippen molar-refractivity contribution in [2.24, 2.45) is 0 Å². The lowest BCUT2D eigenvalue weighted by Gasteiger charge is -2.21. The normalized spacial score (nSPS) is 20.0. The van der Waals surface area contributed by atoms with Gasteiger partial charge in [0.1, 0.15) is 6.04 Å². The van der Waals surface area contributed by atoms with Gasteiger partial charge in [-0.1, -0.05) is 60.7 Å². The molecule has 0 bridgehead atoms. The number of benzene rings is 2. The van der Waals surface area contributed by atoms with Crippen LogP contribution >= 0.6 is 0 Å². The van der Waals surface area contributed by atoms with Crippen molar-refractivity contribution >= 4 is 15.7 Å². The second-order valence-electron chi connectivity index (χ2n) is 6.89. The molecule has 0 unspecified atom stereocenters. The Morgan fingerprint density at radius 1 is 1.04 bits per heavy atom. The number of nitrogens with one attached hydrogen (secondary N) is 1. The molecule has 1 aliphatic rings.